The molecule has 15 heavy (non-hydrogen) atoms. The molecule has 0 aliphatic rings. The first-order chi connectivity index (χ1) is 7.21. The fourth-order valence-corrected chi connectivity index (χ4v) is 1.16. The molecule has 0 N–H and O–H groups in total. The maximum atomic E-state index is 3.77. The second kappa shape index (κ2) is 7.63. The summed E-state index contributed by atoms with van der Waals surface area (Å²) < 4.78 is 0. The van der Waals surface area contributed by atoms with Crippen LogP contribution in [0.3, 0.4) is 0 Å². The van der Waals surface area contributed by atoms with Crippen LogP contribution < -0.4 is 0 Å². The minimum Gasteiger partial charge on any atom is -0.345 e. The Hall–Kier alpha value is -1.76. The molecule has 0 aromatic carbocycles. The molecule has 80 valence electrons. The highest BCUT2D eigenvalue weighted by Crippen LogP contribution is 2.12. The van der Waals surface area contributed by atoms with Crippen molar-refractivity contribution in [1.29, 1.82) is 0 Å². The number of nitrogens with zero attached hydrogens (tertiary/aromatic N) is 1. The number of hydrogen-bond acceptors (Lipinski definition) is 1. The maximum Gasteiger partial charge on any atom is 0.0404 e. The molecule has 0 aliphatic heterocycles. The second-order valence-corrected chi connectivity index (χ2v) is 2.92. The molecule has 0 amide bonds. The Morgan fingerprint density at radius 2 is 1.53 bits per heavy atom. The zero-order chi connectivity index (χ0) is 11.7. The third-order valence-corrected chi connectivity index (χ3v) is 1.90. The SMILES string of the molecule is C=C/C=C(\C=C)N(C)C(/C=C\C)=C/C=C. The summed E-state index contributed by atoms with van der Waals surface area (Å²) in [7, 11) is 1.98. The van der Waals surface area contributed by atoms with Crippen LogP contribution in [0.25, 0.3) is 0 Å². The van der Waals surface area contributed by atoms with Crippen LogP contribution in [-0.2, 0) is 0 Å². The molecule has 0 aromatic heterocycles. The molecule has 1 nitrogen and oxygen atoms in total. The molecule has 0 spiro atoms. The Labute approximate surface area is 93.1 Å². The van der Waals surface area contributed by atoms with Crippen molar-refractivity contribution in [2.45, 2.75) is 6.92 Å². The third-order valence-electron chi connectivity index (χ3n) is 1.90. The van der Waals surface area contributed by atoms with E-state index in [-0.39, 0.29) is 0 Å². The zero-order valence-electron chi connectivity index (χ0n) is 9.61. The standard InChI is InChI=1S/C14H19N/c1-6-10-13(9-4)15(5)14(11-7-2)12-8-3/h6-12H,1-2,4H2,3,5H3/b12-8-,13-10+,14-11+. The van der Waals surface area contributed by atoms with Gasteiger partial charge in [-0.2, -0.15) is 0 Å². The number of allylic oxidation sites excluding steroid dienone is 7. The molecule has 0 saturated heterocycles. The number of hydrogen-bond donors (Lipinski definition) is 0. The van der Waals surface area contributed by atoms with E-state index in [2.05, 4.69) is 19.7 Å². The molecular formula is C14H19N. The minimum atomic E-state index is 0.996. The highest BCUT2D eigenvalue weighted by molar-refractivity contribution is 5.30. The van der Waals surface area contributed by atoms with Gasteiger partial charge < -0.3 is 4.90 Å². The Bertz CT molecular complexity index is 316. The van der Waals surface area contributed by atoms with Crippen LogP contribution in [0.4, 0.5) is 0 Å². The van der Waals surface area contributed by atoms with Gasteiger partial charge in [0.25, 0.3) is 0 Å². The van der Waals surface area contributed by atoms with E-state index in [1.54, 1.807) is 18.2 Å². The van der Waals surface area contributed by atoms with Gasteiger partial charge in [0.05, 0.1) is 0 Å². The Morgan fingerprint density at radius 3 is 1.93 bits per heavy atom. The first kappa shape index (κ1) is 13.2. The Balaban J connectivity index is 5.07. The van der Waals surface area contributed by atoms with Gasteiger partial charge in [-0.25, -0.2) is 0 Å². The normalized spacial score (nSPS) is 12.7. The fourth-order valence-electron chi connectivity index (χ4n) is 1.16. The number of rotatable bonds is 6. The molecule has 0 atom stereocenters. The van der Waals surface area contributed by atoms with Crippen LogP contribution in [0.15, 0.2) is 73.7 Å². The lowest BCUT2D eigenvalue weighted by Gasteiger charge is -2.21. The molecule has 0 aliphatic carbocycles. The summed E-state index contributed by atoms with van der Waals surface area (Å²) in [6.45, 7) is 13.1. The van der Waals surface area contributed by atoms with E-state index >= 15 is 0 Å². The van der Waals surface area contributed by atoms with Crippen molar-refractivity contribution in [3.05, 3.63) is 73.7 Å². The average Bonchev–Trinajstić information content (AvgIpc) is 2.24. The van der Waals surface area contributed by atoms with Gasteiger partial charge in [-0.05, 0) is 31.2 Å². The van der Waals surface area contributed by atoms with Crippen molar-refractivity contribution in [2.24, 2.45) is 0 Å². The Morgan fingerprint density at radius 1 is 1.00 bits per heavy atom. The van der Waals surface area contributed by atoms with Crippen LogP contribution >= 0.6 is 0 Å². The molecule has 0 rings (SSSR count). The lowest BCUT2D eigenvalue weighted by molar-refractivity contribution is 0.554. The summed E-state index contributed by atoms with van der Waals surface area (Å²) in [6.07, 6.45) is 13.2. The quantitative estimate of drug-likeness (QED) is 0.590. The van der Waals surface area contributed by atoms with Crippen LogP contribution in [0, 0.1) is 0 Å². The van der Waals surface area contributed by atoms with Gasteiger partial charge in [0.2, 0.25) is 0 Å². The van der Waals surface area contributed by atoms with Gasteiger partial charge in [0.15, 0.2) is 0 Å². The van der Waals surface area contributed by atoms with Gasteiger partial charge in [-0.15, -0.1) is 0 Å². The highest BCUT2D eigenvalue weighted by Gasteiger charge is 2.02. The molecule has 0 heterocycles. The third kappa shape index (κ3) is 4.32. The topological polar surface area (TPSA) is 3.24 Å². The summed E-state index contributed by atoms with van der Waals surface area (Å²) >= 11 is 0. The molecule has 0 unspecified atom stereocenters. The highest BCUT2D eigenvalue weighted by atomic mass is 15.1. The largest absolute Gasteiger partial charge is 0.345 e. The molecule has 0 fully saturated rings. The van der Waals surface area contributed by atoms with Gasteiger partial charge in [-0.3, -0.25) is 0 Å². The molecule has 0 radical (unpaired) electrons. The predicted molar refractivity (Wildman–Crippen MR) is 69.3 cm³/mol. The number of likely N-dealkylation sites (N-methyl/N-ethyl adjacent to an activating group) is 1. The van der Waals surface area contributed by atoms with Crippen molar-refractivity contribution in [1.82, 2.24) is 4.90 Å². The van der Waals surface area contributed by atoms with E-state index in [1.165, 1.54) is 0 Å². The van der Waals surface area contributed by atoms with E-state index in [1.807, 2.05) is 43.2 Å². The monoisotopic (exact) mass is 201 g/mol. The van der Waals surface area contributed by atoms with E-state index in [0.717, 1.165) is 11.4 Å². The molecular weight excluding hydrogens is 182 g/mol. The van der Waals surface area contributed by atoms with Gasteiger partial charge in [-0.1, -0.05) is 38.0 Å². The van der Waals surface area contributed by atoms with Crippen molar-refractivity contribution >= 4 is 0 Å². The van der Waals surface area contributed by atoms with Gasteiger partial charge in [0, 0.05) is 18.4 Å². The molecule has 0 aromatic rings. The smallest absolute Gasteiger partial charge is 0.0404 e. The lowest BCUT2D eigenvalue weighted by atomic mass is 10.2. The van der Waals surface area contributed by atoms with E-state index in [4.69, 9.17) is 0 Å². The summed E-state index contributed by atoms with van der Waals surface area (Å²) in [5.74, 6) is 0. The second-order valence-electron chi connectivity index (χ2n) is 2.92. The summed E-state index contributed by atoms with van der Waals surface area (Å²) in [6, 6.07) is 0. The van der Waals surface area contributed by atoms with Gasteiger partial charge in [0.1, 0.15) is 0 Å². The molecule has 0 bridgehead atoms. The van der Waals surface area contributed by atoms with Crippen LogP contribution in [0.2, 0.25) is 0 Å². The lowest BCUT2D eigenvalue weighted by Crippen LogP contribution is -2.14. The van der Waals surface area contributed by atoms with E-state index in [0.29, 0.717) is 0 Å². The van der Waals surface area contributed by atoms with E-state index in [9.17, 15) is 0 Å². The van der Waals surface area contributed by atoms with Crippen molar-refractivity contribution in [2.75, 3.05) is 7.05 Å². The Kier molecular flexibility index (Phi) is 6.73. The van der Waals surface area contributed by atoms with Gasteiger partial charge >= 0.3 is 0 Å². The first-order valence-electron chi connectivity index (χ1n) is 4.85. The fraction of sp³-hybridized carbons (Fsp3) is 0.143. The summed E-state index contributed by atoms with van der Waals surface area (Å²) in [5, 5.41) is 0. The van der Waals surface area contributed by atoms with Crippen molar-refractivity contribution in [3.8, 4) is 0 Å². The molecule has 0 saturated carbocycles. The summed E-state index contributed by atoms with van der Waals surface area (Å²) in [4.78, 5) is 2.02. The van der Waals surface area contributed by atoms with Crippen LogP contribution in [0.1, 0.15) is 6.92 Å². The summed E-state index contributed by atoms with van der Waals surface area (Å²) in [5.41, 5.74) is 2.05. The zero-order valence-corrected chi connectivity index (χ0v) is 9.61. The van der Waals surface area contributed by atoms with E-state index < -0.39 is 0 Å². The maximum absolute atomic E-state index is 3.77. The predicted octanol–water partition coefficient (Wildman–Crippen LogP) is 3.82. The average molecular weight is 201 g/mol. The van der Waals surface area contributed by atoms with Crippen molar-refractivity contribution < 1.29 is 0 Å². The van der Waals surface area contributed by atoms with Crippen LogP contribution in [-0.4, -0.2) is 11.9 Å². The first-order valence-corrected chi connectivity index (χ1v) is 4.85. The minimum absolute atomic E-state index is 0.996. The van der Waals surface area contributed by atoms with Crippen LogP contribution in [0.5, 0.6) is 0 Å². The van der Waals surface area contributed by atoms with Crippen molar-refractivity contribution in [3.63, 3.8) is 0 Å². The molecule has 1 heteroatoms.